The number of hydrogen-bond donors (Lipinski definition) is 1. The lowest BCUT2D eigenvalue weighted by atomic mass is 10.4. The van der Waals surface area contributed by atoms with Crippen LogP contribution in [0.5, 0.6) is 0 Å². The molecule has 0 radical (unpaired) electrons. The molecule has 1 aromatic carbocycles. The number of halogens is 3. The zero-order valence-corrected chi connectivity index (χ0v) is 9.56. The molecule has 0 aromatic heterocycles. The van der Waals surface area contributed by atoms with Crippen molar-refractivity contribution >= 4 is 56.1 Å². The van der Waals surface area contributed by atoms with Gasteiger partial charge in [0.05, 0.1) is 5.02 Å². The van der Waals surface area contributed by atoms with Crippen LogP contribution in [-0.2, 0) is 0 Å². The fraction of sp³-hybridized carbons (Fsp3) is 0. The minimum absolute atomic E-state index is 0.637. The summed E-state index contributed by atoms with van der Waals surface area (Å²) >= 11 is 16.6. The van der Waals surface area contributed by atoms with Crippen LogP contribution >= 0.6 is 56.1 Å². The number of thiol groups is 1. The lowest BCUT2D eigenvalue weighted by molar-refractivity contribution is 1.39. The number of hydrogen-bond acceptors (Lipinski definition) is 1. The second-order valence-electron chi connectivity index (χ2n) is 1.69. The van der Waals surface area contributed by atoms with Gasteiger partial charge in [-0.05, 0) is 44.0 Å². The molecule has 0 atom stereocenters. The normalized spacial score (nSPS) is 10.0. The van der Waals surface area contributed by atoms with Crippen molar-refractivity contribution in [2.75, 3.05) is 0 Å². The molecular formula is C6H3Br2ClS. The Balaban J connectivity index is 3.34. The molecule has 0 spiro atoms. The highest BCUT2D eigenvalue weighted by Gasteiger charge is 2.03. The Morgan fingerprint density at radius 1 is 1.20 bits per heavy atom. The summed E-state index contributed by atoms with van der Waals surface area (Å²) in [5, 5.41) is 0.637. The molecule has 0 aliphatic rings. The van der Waals surface area contributed by atoms with Crippen molar-refractivity contribution < 1.29 is 0 Å². The number of rotatable bonds is 0. The van der Waals surface area contributed by atoms with Crippen molar-refractivity contribution in [2.24, 2.45) is 0 Å². The Hall–Kier alpha value is 0.820. The second-order valence-corrected chi connectivity index (χ2v) is 4.23. The number of benzene rings is 1. The van der Waals surface area contributed by atoms with Gasteiger partial charge in [0.2, 0.25) is 0 Å². The quantitative estimate of drug-likeness (QED) is 0.540. The van der Waals surface area contributed by atoms with Gasteiger partial charge in [-0.2, -0.15) is 0 Å². The Kier molecular flexibility index (Phi) is 3.10. The molecule has 0 heterocycles. The molecule has 0 aliphatic carbocycles. The average molecular weight is 302 g/mol. The third-order valence-corrected chi connectivity index (χ3v) is 3.87. The molecule has 1 aromatic rings. The summed E-state index contributed by atoms with van der Waals surface area (Å²) in [6.07, 6.45) is 0. The van der Waals surface area contributed by atoms with E-state index in [2.05, 4.69) is 44.5 Å². The van der Waals surface area contributed by atoms with Gasteiger partial charge in [0.1, 0.15) is 0 Å². The molecular weight excluding hydrogens is 299 g/mol. The maximum Gasteiger partial charge on any atom is 0.0692 e. The van der Waals surface area contributed by atoms with E-state index < -0.39 is 0 Å². The summed E-state index contributed by atoms with van der Waals surface area (Å²) in [7, 11) is 0. The van der Waals surface area contributed by atoms with Gasteiger partial charge >= 0.3 is 0 Å². The standard InChI is InChI=1S/C6H3Br2ClS/c7-3-1-2-4(8)6(10)5(3)9/h1-2,10H. The maximum absolute atomic E-state index is 5.83. The second kappa shape index (κ2) is 3.48. The zero-order chi connectivity index (χ0) is 7.72. The van der Waals surface area contributed by atoms with Crippen molar-refractivity contribution in [3.05, 3.63) is 26.1 Å². The lowest BCUT2D eigenvalue weighted by Crippen LogP contribution is -1.73. The zero-order valence-electron chi connectivity index (χ0n) is 4.74. The van der Waals surface area contributed by atoms with Crippen LogP contribution in [0.1, 0.15) is 0 Å². The van der Waals surface area contributed by atoms with Crippen LogP contribution in [0.15, 0.2) is 26.0 Å². The minimum Gasteiger partial charge on any atom is -0.141 e. The maximum atomic E-state index is 5.83. The molecule has 1 rings (SSSR count). The van der Waals surface area contributed by atoms with Crippen LogP contribution in [0.4, 0.5) is 0 Å². The van der Waals surface area contributed by atoms with Crippen molar-refractivity contribution in [1.29, 1.82) is 0 Å². The topological polar surface area (TPSA) is 0 Å². The summed E-state index contributed by atoms with van der Waals surface area (Å²) in [6, 6.07) is 3.75. The predicted octanol–water partition coefficient (Wildman–Crippen LogP) is 4.15. The van der Waals surface area contributed by atoms with Gasteiger partial charge in [0.25, 0.3) is 0 Å². The first kappa shape index (κ1) is 8.91. The van der Waals surface area contributed by atoms with Gasteiger partial charge in [-0.3, -0.25) is 0 Å². The summed E-state index contributed by atoms with van der Waals surface area (Å²) in [6.45, 7) is 0. The highest BCUT2D eigenvalue weighted by atomic mass is 79.9. The van der Waals surface area contributed by atoms with Crippen LogP contribution in [0.25, 0.3) is 0 Å². The molecule has 0 saturated heterocycles. The first-order chi connectivity index (χ1) is 4.63. The van der Waals surface area contributed by atoms with Gasteiger partial charge in [0.15, 0.2) is 0 Å². The Labute approximate surface area is 86.6 Å². The van der Waals surface area contributed by atoms with E-state index in [9.17, 15) is 0 Å². The Morgan fingerprint density at radius 3 is 2.20 bits per heavy atom. The Bertz CT molecular complexity index is 235. The van der Waals surface area contributed by atoms with E-state index >= 15 is 0 Å². The molecule has 0 N–H and O–H groups in total. The minimum atomic E-state index is 0.637. The van der Waals surface area contributed by atoms with Crippen LogP contribution in [-0.4, -0.2) is 0 Å². The van der Waals surface area contributed by atoms with Gasteiger partial charge in [0, 0.05) is 13.8 Å². The summed E-state index contributed by atoms with van der Waals surface area (Å²) in [5.41, 5.74) is 0. The average Bonchev–Trinajstić information content (AvgIpc) is 1.93. The molecule has 4 heteroatoms. The first-order valence-corrected chi connectivity index (χ1v) is 4.86. The highest BCUT2D eigenvalue weighted by molar-refractivity contribution is 9.11. The SMILES string of the molecule is Sc1c(Br)ccc(Br)c1Cl. The highest BCUT2D eigenvalue weighted by Crippen LogP contribution is 2.33. The van der Waals surface area contributed by atoms with Crippen LogP contribution in [0.3, 0.4) is 0 Å². The van der Waals surface area contributed by atoms with Gasteiger partial charge in [-0.15, -0.1) is 12.6 Å². The van der Waals surface area contributed by atoms with E-state index in [1.165, 1.54) is 0 Å². The van der Waals surface area contributed by atoms with E-state index in [1.807, 2.05) is 12.1 Å². The van der Waals surface area contributed by atoms with E-state index in [1.54, 1.807) is 0 Å². The van der Waals surface area contributed by atoms with Crippen molar-refractivity contribution in [2.45, 2.75) is 4.90 Å². The molecule has 0 fully saturated rings. The van der Waals surface area contributed by atoms with E-state index in [4.69, 9.17) is 11.6 Å². The van der Waals surface area contributed by atoms with Crippen molar-refractivity contribution in [3.63, 3.8) is 0 Å². The molecule has 0 nitrogen and oxygen atoms in total. The molecule has 0 amide bonds. The third-order valence-electron chi connectivity index (χ3n) is 1.02. The van der Waals surface area contributed by atoms with Crippen molar-refractivity contribution in [1.82, 2.24) is 0 Å². The predicted molar refractivity (Wildman–Crippen MR) is 54.1 cm³/mol. The summed E-state index contributed by atoms with van der Waals surface area (Å²) in [5.74, 6) is 0. The smallest absolute Gasteiger partial charge is 0.0692 e. The summed E-state index contributed by atoms with van der Waals surface area (Å²) < 4.78 is 1.77. The largest absolute Gasteiger partial charge is 0.141 e. The fourth-order valence-electron chi connectivity index (χ4n) is 0.516. The van der Waals surface area contributed by atoms with Crippen LogP contribution in [0, 0.1) is 0 Å². The molecule has 0 bridgehead atoms. The first-order valence-electron chi connectivity index (χ1n) is 2.45. The van der Waals surface area contributed by atoms with Crippen LogP contribution in [0.2, 0.25) is 5.02 Å². The van der Waals surface area contributed by atoms with Gasteiger partial charge in [-0.1, -0.05) is 11.6 Å². The Morgan fingerprint density at radius 2 is 1.70 bits per heavy atom. The van der Waals surface area contributed by atoms with E-state index in [0.717, 1.165) is 13.8 Å². The van der Waals surface area contributed by atoms with Crippen LogP contribution < -0.4 is 0 Å². The van der Waals surface area contributed by atoms with E-state index in [0.29, 0.717) is 5.02 Å². The van der Waals surface area contributed by atoms with Gasteiger partial charge in [-0.25, -0.2) is 0 Å². The molecule has 54 valence electrons. The molecule has 10 heavy (non-hydrogen) atoms. The monoisotopic (exact) mass is 300 g/mol. The summed E-state index contributed by atoms with van der Waals surface area (Å²) in [4.78, 5) is 0.760. The molecule has 0 unspecified atom stereocenters. The van der Waals surface area contributed by atoms with Crippen molar-refractivity contribution in [3.8, 4) is 0 Å². The fourth-order valence-corrected chi connectivity index (χ4v) is 1.80. The molecule has 0 aliphatic heterocycles. The molecule has 0 saturated carbocycles. The van der Waals surface area contributed by atoms with E-state index in [-0.39, 0.29) is 0 Å². The van der Waals surface area contributed by atoms with Gasteiger partial charge < -0.3 is 0 Å². The third kappa shape index (κ3) is 1.70. The lowest BCUT2D eigenvalue weighted by Gasteiger charge is -2.00.